The normalized spacial score (nSPS) is 12.1. The summed E-state index contributed by atoms with van der Waals surface area (Å²) in [7, 11) is 1.40. The van der Waals surface area contributed by atoms with Crippen molar-refractivity contribution in [1.82, 2.24) is 10.1 Å². The number of esters is 1. The second kappa shape index (κ2) is 7.26. The van der Waals surface area contributed by atoms with Gasteiger partial charge < -0.3 is 9.26 Å². The zero-order chi connectivity index (χ0) is 15.2. The largest absolute Gasteiger partial charge is 0.469 e. The Morgan fingerprint density at radius 2 is 2.29 bits per heavy atom. The molecule has 0 aliphatic rings. The molecule has 21 heavy (non-hydrogen) atoms. The molecular weight excluding hydrogens is 288 g/mol. The van der Waals surface area contributed by atoms with Crippen molar-refractivity contribution in [2.45, 2.75) is 31.3 Å². The molecule has 0 radical (unpaired) electrons. The summed E-state index contributed by atoms with van der Waals surface area (Å²) in [5, 5.41) is 4.12. The van der Waals surface area contributed by atoms with Gasteiger partial charge in [-0.1, -0.05) is 29.8 Å². The van der Waals surface area contributed by atoms with E-state index < -0.39 is 0 Å². The summed E-state index contributed by atoms with van der Waals surface area (Å²) < 4.78 is 9.92. The number of hydrogen-bond donors (Lipinski definition) is 0. The Morgan fingerprint density at radius 3 is 3.00 bits per heavy atom. The highest BCUT2D eigenvalue weighted by molar-refractivity contribution is 7.99. The lowest BCUT2D eigenvalue weighted by Crippen LogP contribution is -2.08. The molecule has 1 unspecified atom stereocenters. The fraction of sp³-hybridized carbons (Fsp3) is 0.400. The molecular formula is C15H18N2O3S. The maximum atomic E-state index is 11.2. The van der Waals surface area contributed by atoms with Crippen molar-refractivity contribution < 1.29 is 14.1 Å². The van der Waals surface area contributed by atoms with E-state index in [4.69, 9.17) is 4.52 Å². The molecule has 0 aliphatic carbocycles. The Bertz CT molecular complexity index is 612. The summed E-state index contributed by atoms with van der Waals surface area (Å²) in [6, 6.07) is 7.93. The minimum atomic E-state index is -0.205. The summed E-state index contributed by atoms with van der Waals surface area (Å²) >= 11 is 1.60. The van der Waals surface area contributed by atoms with Crippen molar-refractivity contribution >= 4 is 17.7 Å². The average molecular weight is 306 g/mol. The first-order valence-corrected chi connectivity index (χ1v) is 7.71. The van der Waals surface area contributed by atoms with Gasteiger partial charge in [-0.15, -0.1) is 11.8 Å². The molecule has 2 aromatic rings. The van der Waals surface area contributed by atoms with E-state index in [0.717, 1.165) is 11.1 Å². The van der Waals surface area contributed by atoms with E-state index in [2.05, 4.69) is 14.9 Å². The van der Waals surface area contributed by atoms with Gasteiger partial charge in [-0.05, 0) is 19.1 Å². The van der Waals surface area contributed by atoms with Crippen LogP contribution in [-0.4, -0.2) is 28.5 Å². The monoisotopic (exact) mass is 306 g/mol. The average Bonchev–Trinajstić information content (AvgIpc) is 2.94. The van der Waals surface area contributed by atoms with Crippen LogP contribution in [0.2, 0.25) is 0 Å². The van der Waals surface area contributed by atoms with Gasteiger partial charge in [-0.3, -0.25) is 4.79 Å². The van der Waals surface area contributed by atoms with Crippen LogP contribution >= 0.6 is 11.8 Å². The standard InChI is InChI=1S/C15H18N2O3S/c1-10-5-4-6-12(7-10)15-16-13(17-20-15)9-21-11(2)8-14(18)19-3/h4-7,11H,8-9H2,1-3H3. The van der Waals surface area contributed by atoms with E-state index in [1.165, 1.54) is 7.11 Å². The number of nitrogens with zero attached hydrogens (tertiary/aromatic N) is 2. The van der Waals surface area contributed by atoms with Crippen LogP contribution in [0.15, 0.2) is 28.8 Å². The van der Waals surface area contributed by atoms with Gasteiger partial charge >= 0.3 is 5.97 Å². The van der Waals surface area contributed by atoms with E-state index in [0.29, 0.717) is 23.9 Å². The molecule has 0 bridgehead atoms. The first-order valence-electron chi connectivity index (χ1n) is 6.66. The molecule has 1 heterocycles. The summed E-state index contributed by atoms with van der Waals surface area (Å²) in [6.07, 6.45) is 0.379. The molecule has 0 saturated heterocycles. The van der Waals surface area contributed by atoms with Crippen LogP contribution in [0.5, 0.6) is 0 Å². The Morgan fingerprint density at radius 1 is 1.48 bits per heavy atom. The predicted molar refractivity (Wildman–Crippen MR) is 81.9 cm³/mol. The number of methoxy groups -OCH3 is 1. The molecule has 1 aromatic carbocycles. The number of rotatable bonds is 6. The fourth-order valence-electron chi connectivity index (χ4n) is 1.80. The third kappa shape index (κ3) is 4.60. The Labute approximate surface area is 128 Å². The van der Waals surface area contributed by atoms with Crippen molar-refractivity contribution in [2.75, 3.05) is 7.11 Å². The first-order chi connectivity index (χ1) is 10.1. The number of carbonyl (C=O) groups is 1. The molecule has 112 valence electrons. The van der Waals surface area contributed by atoms with E-state index in [-0.39, 0.29) is 11.2 Å². The SMILES string of the molecule is COC(=O)CC(C)SCc1noc(-c2cccc(C)c2)n1. The van der Waals surface area contributed by atoms with Gasteiger partial charge in [-0.25, -0.2) is 0 Å². The third-order valence-corrected chi connectivity index (χ3v) is 4.07. The number of hydrogen-bond acceptors (Lipinski definition) is 6. The lowest BCUT2D eigenvalue weighted by molar-refractivity contribution is -0.140. The summed E-state index contributed by atoms with van der Waals surface area (Å²) in [5.41, 5.74) is 2.06. The second-order valence-electron chi connectivity index (χ2n) is 4.79. The molecule has 5 nitrogen and oxygen atoms in total. The quantitative estimate of drug-likeness (QED) is 0.763. The zero-order valence-corrected chi connectivity index (χ0v) is 13.1. The minimum absolute atomic E-state index is 0.151. The Kier molecular flexibility index (Phi) is 5.38. The maximum Gasteiger partial charge on any atom is 0.306 e. The molecule has 0 fully saturated rings. The van der Waals surface area contributed by atoms with Crippen LogP contribution in [0.1, 0.15) is 24.7 Å². The van der Waals surface area contributed by atoms with Crippen molar-refractivity contribution in [1.29, 1.82) is 0 Å². The number of thioether (sulfide) groups is 1. The fourth-order valence-corrected chi connectivity index (χ4v) is 2.61. The maximum absolute atomic E-state index is 11.2. The van der Waals surface area contributed by atoms with E-state index >= 15 is 0 Å². The van der Waals surface area contributed by atoms with Crippen LogP contribution in [-0.2, 0) is 15.3 Å². The minimum Gasteiger partial charge on any atom is -0.469 e. The Hall–Kier alpha value is -1.82. The molecule has 0 spiro atoms. The van der Waals surface area contributed by atoms with Crippen LogP contribution in [0, 0.1) is 6.92 Å². The van der Waals surface area contributed by atoms with Crippen molar-refractivity contribution in [3.8, 4) is 11.5 Å². The summed E-state index contributed by atoms with van der Waals surface area (Å²) in [4.78, 5) is 15.5. The lowest BCUT2D eigenvalue weighted by Gasteiger charge is -2.07. The third-order valence-electron chi connectivity index (χ3n) is 2.91. The summed E-state index contributed by atoms with van der Waals surface area (Å²) in [6.45, 7) is 3.99. The van der Waals surface area contributed by atoms with Crippen LogP contribution in [0.3, 0.4) is 0 Å². The predicted octanol–water partition coefficient (Wildman–Crippen LogP) is 3.23. The molecule has 1 aromatic heterocycles. The van der Waals surface area contributed by atoms with Gasteiger partial charge in [-0.2, -0.15) is 4.98 Å². The molecule has 0 N–H and O–H groups in total. The molecule has 1 atom stereocenters. The topological polar surface area (TPSA) is 65.2 Å². The number of benzene rings is 1. The molecule has 0 amide bonds. The highest BCUT2D eigenvalue weighted by Gasteiger charge is 2.13. The van der Waals surface area contributed by atoms with Crippen molar-refractivity contribution in [3.05, 3.63) is 35.7 Å². The van der Waals surface area contributed by atoms with E-state index in [9.17, 15) is 4.79 Å². The van der Waals surface area contributed by atoms with Gasteiger partial charge in [0.2, 0.25) is 0 Å². The first kappa shape index (κ1) is 15.6. The smallest absolute Gasteiger partial charge is 0.306 e. The van der Waals surface area contributed by atoms with E-state index in [1.807, 2.05) is 38.1 Å². The zero-order valence-electron chi connectivity index (χ0n) is 12.3. The molecule has 0 aliphatic heterocycles. The molecule has 0 saturated carbocycles. The number of aryl methyl sites for hydroxylation is 1. The number of ether oxygens (including phenoxy) is 1. The lowest BCUT2D eigenvalue weighted by atomic mass is 10.1. The van der Waals surface area contributed by atoms with Crippen LogP contribution < -0.4 is 0 Å². The Balaban J connectivity index is 1.93. The van der Waals surface area contributed by atoms with Gasteiger partial charge in [0.05, 0.1) is 19.3 Å². The van der Waals surface area contributed by atoms with Crippen molar-refractivity contribution in [2.24, 2.45) is 0 Å². The van der Waals surface area contributed by atoms with Gasteiger partial charge in [0.15, 0.2) is 5.82 Å². The number of aromatic nitrogens is 2. The van der Waals surface area contributed by atoms with E-state index in [1.54, 1.807) is 11.8 Å². The second-order valence-corrected chi connectivity index (χ2v) is 6.21. The van der Waals surface area contributed by atoms with Gasteiger partial charge in [0, 0.05) is 10.8 Å². The summed E-state index contributed by atoms with van der Waals surface area (Å²) in [5.74, 6) is 1.56. The van der Waals surface area contributed by atoms with Crippen LogP contribution in [0.25, 0.3) is 11.5 Å². The van der Waals surface area contributed by atoms with Gasteiger partial charge in [0.25, 0.3) is 5.89 Å². The van der Waals surface area contributed by atoms with Crippen molar-refractivity contribution in [3.63, 3.8) is 0 Å². The highest BCUT2D eigenvalue weighted by Crippen LogP contribution is 2.22. The van der Waals surface area contributed by atoms with Gasteiger partial charge in [0.1, 0.15) is 0 Å². The highest BCUT2D eigenvalue weighted by atomic mass is 32.2. The molecule has 6 heteroatoms. The number of carbonyl (C=O) groups excluding carboxylic acids is 1. The van der Waals surface area contributed by atoms with Crippen LogP contribution in [0.4, 0.5) is 0 Å². The molecule has 2 rings (SSSR count).